The normalized spacial score (nSPS) is 32.7. The van der Waals surface area contributed by atoms with Gasteiger partial charge in [0.2, 0.25) is 0 Å². The Kier molecular flexibility index (Phi) is 5.58. The zero-order valence-corrected chi connectivity index (χ0v) is 13.7. The average Bonchev–Trinajstić information content (AvgIpc) is 2.77. The van der Waals surface area contributed by atoms with E-state index in [1.54, 1.807) is 0 Å². The molecular formula is C18H34N2O. The van der Waals surface area contributed by atoms with Crippen LogP contribution in [0.2, 0.25) is 0 Å². The number of hydrogen-bond donors (Lipinski definition) is 1. The van der Waals surface area contributed by atoms with Crippen molar-refractivity contribution in [2.24, 2.45) is 0 Å². The van der Waals surface area contributed by atoms with Crippen LogP contribution in [0.25, 0.3) is 0 Å². The lowest BCUT2D eigenvalue weighted by molar-refractivity contribution is -0.0381. The molecular weight excluding hydrogens is 260 g/mol. The summed E-state index contributed by atoms with van der Waals surface area (Å²) in [6, 6.07) is 0.754. The standard InChI is InChI=1S/C18H34N2O/c21-18(10-4-3-5-11-18)16-19-12-8-9-17(15-19)20-13-6-1-2-7-14-20/h17,21H,1-16H2. The van der Waals surface area contributed by atoms with Crippen LogP contribution in [-0.2, 0) is 0 Å². The zero-order valence-electron chi connectivity index (χ0n) is 13.7. The van der Waals surface area contributed by atoms with E-state index in [1.807, 2.05) is 0 Å². The molecule has 21 heavy (non-hydrogen) atoms. The highest BCUT2D eigenvalue weighted by Gasteiger charge is 2.34. The van der Waals surface area contributed by atoms with E-state index in [4.69, 9.17) is 0 Å². The fourth-order valence-corrected chi connectivity index (χ4v) is 4.72. The van der Waals surface area contributed by atoms with Gasteiger partial charge in [-0.15, -0.1) is 0 Å². The topological polar surface area (TPSA) is 26.7 Å². The Labute approximate surface area is 130 Å². The van der Waals surface area contributed by atoms with E-state index in [2.05, 4.69) is 9.80 Å². The number of hydrogen-bond acceptors (Lipinski definition) is 3. The van der Waals surface area contributed by atoms with Crippen LogP contribution in [0.3, 0.4) is 0 Å². The summed E-state index contributed by atoms with van der Waals surface area (Å²) in [5.41, 5.74) is -0.376. The molecule has 3 heteroatoms. The van der Waals surface area contributed by atoms with Crippen molar-refractivity contribution in [3.8, 4) is 0 Å². The molecule has 2 saturated heterocycles. The number of rotatable bonds is 3. The molecule has 0 spiro atoms. The molecule has 1 atom stereocenters. The number of piperidine rings is 1. The Hall–Kier alpha value is -0.120. The highest BCUT2D eigenvalue weighted by Crippen LogP contribution is 2.30. The summed E-state index contributed by atoms with van der Waals surface area (Å²) in [6.07, 6.45) is 14.1. The highest BCUT2D eigenvalue weighted by molar-refractivity contribution is 4.89. The van der Waals surface area contributed by atoms with Crippen molar-refractivity contribution in [1.29, 1.82) is 0 Å². The summed E-state index contributed by atoms with van der Waals surface area (Å²) in [6.45, 7) is 5.94. The average molecular weight is 294 g/mol. The number of nitrogens with zero attached hydrogens (tertiary/aromatic N) is 2. The molecule has 0 aromatic rings. The van der Waals surface area contributed by atoms with Crippen LogP contribution >= 0.6 is 0 Å². The molecule has 2 heterocycles. The van der Waals surface area contributed by atoms with Crippen molar-refractivity contribution in [2.45, 2.75) is 82.3 Å². The quantitative estimate of drug-likeness (QED) is 0.867. The van der Waals surface area contributed by atoms with Crippen molar-refractivity contribution >= 4 is 0 Å². The van der Waals surface area contributed by atoms with Gasteiger partial charge >= 0.3 is 0 Å². The molecule has 0 bridgehead atoms. The third kappa shape index (κ3) is 4.43. The lowest BCUT2D eigenvalue weighted by Gasteiger charge is -2.43. The van der Waals surface area contributed by atoms with Gasteiger partial charge < -0.3 is 5.11 Å². The first-order valence-electron chi connectivity index (χ1n) is 9.44. The zero-order chi connectivity index (χ0) is 14.5. The Morgan fingerprint density at radius 1 is 0.810 bits per heavy atom. The van der Waals surface area contributed by atoms with Crippen LogP contribution in [0.1, 0.15) is 70.6 Å². The first kappa shape index (κ1) is 15.8. The molecule has 1 N–H and O–H groups in total. The lowest BCUT2D eigenvalue weighted by atomic mass is 9.84. The van der Waals surface area contributed by atoms with Crippen LogP contribution in [0.5, 0.6) is 0 Å². The Bertz CT molecular complexity index is 306. The third-order valence-electron chi connectivity index (χ3n) is 5.94. The monoisotopic (exact) mass is 294 g/mol. The van der Waals surface area contributed by atoms with Crippen molar-refractivity contribution in [2.75, 3.05) is 32.7 Å². The number of aliphatic hydroxyl groups is 1. The summed E-state index contributed by atoms with van der Waals surface area (Å²) in [5.74, 6) is 0. The van der Waals surface area contributed by atoms with Crippen LogP contribution in [0, 0.1) is 0 Å². The maximum absolute atomic E-state index is 10.8. The fraction of sp³-hybridized carbons (Fsp3) is 1.00. The van der Waals surface area contributed by atoms with Gasteiger partial charge in [0.15, 0.2) is 0 Å². The van der Waals surface area contributed by atoms with Crippen LogP contribution in [-0.4, -0.2) is 59.3 Å². The Morgan fingerprint density at radius 2 is 1.48 bits per heavy atom. The van der Waals surface area contributed by atoms with Gasteiger partial charge in [-0.1, -0.05) is 32.1 Å². The van der Waals surface area contributed by atoms with E-state index in [0.29, 0.717) is 0 Å². The van der Waals surface area contributed by atoms with Crippen molar-refractivity contribution in [1.82, 2.24) is 9.80 Å². The van der Waals surface area contributed by atoms with Gasteiger partial charge in [-0.25, -0.2) is 0 Å². The van der Waals surface area contributed by atoms with Crippen LogP contribution in [0.15, 0.2) is 0 Å². The minimum absolute atomic E-state index is 0.376. The summed E-state index contributed by atoms with van der Waals surface area (Å²) in [4.78, 5) is 5.33. The molecule has 0 aromatic heterocycles. The predicted molar refractivity (Wildman–Crippen MR) is 87.5 cm³/mol. The maximum Gasteiger partial charge on any atom is 0.0774 e. The largest absolute Gasteiger partial charge is 0.389 e. The summed E-state index contributed by atoms with van der Waals surface area (Å²) >= 11 is 0. The first-order chi connectivity index (χ1) is 10.3. The minimum Gasteiger partial charge on any atom is -0.389 e. The summed E-state index contributed by atoms with van der Waals surface area (Å²) < 4.78 is 0. The van der Waals surface area contributed by atoms with Gasteiger partial charge in [-0.2, -0.15) is 0 Å². The highest BCUT2D eigenvalue weighted by atomic mass is 16.3. The molecule has 3 nitrogen and oxygen atoms in total. The summed E-state index contributed by atoms with van der Waals surface area (Å²) in [7, 11) is 0. The van der Waals surface area contributed by atoms with Crippen molar-refractivity contribution < 1.29 is 5.11 Å². The van der Waals surface area contributed by atoms with Crippen LogP contribution < -0.4 is 0 Å². The van der Waals surface area contributed by atoms with E-state index in [-0.39, 0.29) is 5.60 Å². The molecule has 3 fully saturated rings. The number of likely N-dealkylation sites (tertiary alicyclic amines) is 2. The van der Waals surface area contributed by atoms with Gasteiger partial charge in [0, 0.05) is 19.1 Å². The first-order valence-corrected chi connectivity index (χ1v) is 9.44. The van der Waals surface area contributed by atoms with E-state index < -0.39 is 0 Å². The van der Waals surface area contributed by atoms with Gasteiger partial charge in [0.25, 0.3) is 0 Å². The molecule has 122 valence electrons. The molecule has 1 unspecified atom stereocenters. The van der Waals surface area contributed by atoms with Gasteiger partial charge in [-0.05, 0) is 58.2 Å². The molecule has 3 rings (SSSR count). The fourth-order valence-electron chi connectivity index (χ4n) is 4.72. The molecule has 1 saturated carbocycles. The van der Waals surface area contributed by atoms with Gasteiger partial charge in [-0.3, -0.25) is 9.80 Å². The SMILES string of the molecule is OC1(CN2CCCC(N3CCCCCC3)C2)CCCCC1. The van der Waals surface area contributed by atoms with Gasteiger partial charge in [0.1, 0.15) is 0 Å². The van der Waals surface area contributed by atoms with E-state index >= 15 is 0 Å². The van der Waals surface area contributed by atoms with E-state index in [9.17, 15) is 5.11 Å². The second kappa shape index (κ2) is 7.43. The molecule has 1 aliphatic carbocycles. The molecule has 0 radical (unpaired) electrons. The molecule has 3 aliphatic rings. The number of β-amino-alcohol motifs (C(OH)–C–C–N with tert-alkyl or cyclic N) is 1. The Morgan fingerprint density at radius 3 is 2.19 bits per heavy atom. The van der Waals surface area contributed by atoms with Crippen molar-refractivity contribution in [3.63, 3.8) is 0 Å². The second-order valence-corrected chi connectivity index (χ2v) is 7.77. The smallest absolute Gasteiger partial charge is 0.0774 e. The maximum atomic E-state index is 10.8. The van der Waals surface area contributed by atoms with E-state index in [1.165, 1.54) is 84.0 Å². The second-order valence-electron chi connectivity index (χ2n) is 7.77. The molecule has 0 aromatic carbocycles. The van der Waals surface area contributed by atoms with Gasteiger partial charge in [0.05, 0.1) is 5.60 Å². The summed E-state index contributed by atoms with van der Waals surface area (Å²) in [5, 5.41) is 10.8. The lowest BCUT2D eigenvalue weighted by Crippen LogP contribution is -2.53. The third-order valence-corrected chi connectivity index (χ3v) is 5.94. The van der Waals surface area contributed by atoms with E-state index in [0.717, 1.165) is 25.4 Å². The Balaban J connectivity index is 1.52. The molecule has 0 amide bonds. The van der Waals surface area contributed by atoms with Crippen molar-refractivity contribution in [3.05, 3.63) is 0 Å². The minimum atomic E-state index is -0.376. The predicted octanol–water partition coefficient (Wildman–Crippen LogP) is 3.02. The molecule has 2 aliphatic heterocycles. The van der Waals surface area contributed by atoms with Crippen LogP contribution in [0.4, 0.5) is 0 Å².